The highest BCUT2D eigenvalue weighted by atomic mass is 32.1. The third-order valence-corrected chi connectivity index (χ3v) is 3.16. The largest absolute Gasteiger partial charge is 0.416 e. The van der Waals surface area contributed by atoms with Crippen molar-refractivity contribution in [2.75, 3.05) is 18.0 Å². The normalized spacial score (nSPS) is 13.1. The van der Waals surface area contributed by atoms with Gasteiger partial charge < -0.3 is 10.6 Å². The number of halogens is 3. The van der Waals surface area contributed by atoms with Gasteiger partial charge in [-0.05, 0) is 19.1 Å². The highest BCUT2D eigenvalue weighted by Gasteiger charge is 2.31. The molecule has 1 aromatic rings. The molecule has 0 spiro atoms. The molecule has 1 aromatic heterocycles. The van der Waals surface area contributed by atoms with Crippen LogP contribution < -0.4 is 10.6 Å². The summed E-state index contributed by atoms with van der Waals surface area (Å²) in [6.07, 6.45) is -3.21. The predicted molar refractivity (Wildman–Crippen MR) is 73.1 cm³/mol. The number of pyridine rings is 1. The Labute approximate surface area is 115 Å². The summed E-state index contributed by atoms with van der Waals surface area (Å²) in [7, 11) is 0. The molecule has 1 rings (SSSR count). The van der Waals surface area contributed by atoms with Crippen LogP contribution in [0.1, 0.15) is 19.4 Å². The third kappa shape index (κ3) is 4.34. The molecule has 2 N–H and O–H groups in total. The SMILES string of the molecule is CCN(CC(C)C(N)=S)c1cc(C(F)(F)F)ccn1. The second kappa shape index (κ2) is 6.18. The molecule has 1 unspecified atom stereocenters. The van der Waals surface area contributed by atoms with Crippen molar-refractivity contribution in [1.29, 1.82) is 0 Å². The highest BCUT2D eigenvalue weighted by Crippen LogP contribution is 2.30. The molecule has 0 aromatic carbocycles. The molecule has 0 aliphatic heterocycles. The summed E-state index contributed by atoms with van der Waals surface area (Å²) < 4.78 is 37.9. The van der Waals surface area contributed by atoms with E-state index in [1.54, 1.807) is 4.90 Å². The summed E-state index contributed by atoms with van der Waals surface area (Å²) in [5.41, 5.74) is 4.81. The van der Waals surface area contributed by atoms with Crippen molar-refractivity contribution in [3.05, 3.63) is 23.9 Å². The fourth-order valence-electron chi connectivity index (χ4n) is 1.57. The molecule has 7 heteroatoms. The van der Waals surface area contributed by atoms with Gasteiger partial charge in [-0.2, -0.15) is 13.2 Å². The van der Waals surface area contributed by atoms with Crippen molar-refractivity contribution >= 4 is 23.0 Å². The quantitative estimate of drug-likeness (QED) is 0.847. The van der Waals surface area contributed by atoms with Crippen LogP contribution in [0.3, 0.4) is 0 Å². The molecule has 0 saturated carbocycles. The van der Waals surface area contributed by atoms with Gasteiger partial charge in [0, 0.05) is 25.2 Å². The van der Waals surface area contributed by atoms with Crippen molar-refractivity contribution < 1.29 is 13.2 Å². The Morgan fingerprint density at radius 3 is 2.63 bits per heavy atom. The molecule has 0 bridgehead atoms. The first-order valence-electron chi connectivity index (χ1n) is 5.83. The van der Waals surface area contributed by atoms with E-state index in [0.717, 1.165) is 18.3 Å². The second-order valence-electron chi connectivity index (χ2n) is 4.24. The van der Waals surface area contributed by atoms with Crippen molar-refractivity contribution in [2.24, 2.45) is 11.7 Å². The standard InChI is InChI=1S/C12H16F3N3S/c1-3-18(7-8(2)11(16)19)10-6-9(4-5-17-10)12(13,14)15/h4-6,8H,3,7H2,1-2H3,(H2,16,19). The zero-order valence-electron chi connectivity index (χ0n) is 10.7. The number of nitrogens with zero attached hydrogens (tertiary/aromatic N) is 2. The Morgan fingerprint density at radius 1 is 1.53 bits per heavy atom. The first-order valence-corrected chi connectivity index (χ1v) is 6.24. The molecular formula is C12H16F3N3S. The van der Waals surface area contributed by atoms with Crippen molar-refractivity contribution in [3.63, 3.8) is 0 Å². The van der Waals surface area contributed by atoms with E-state index in [1.165, 1.54) is 0 Å². The fraction of sp³-hybridized carbons (Fsp3) is 0.500. The number of hydrogen-bond donors (Lipinski definition) is 1. The summed E-state index contributed by atoms with van der Waals surface area (Å²) >= 11 is 4.87. The maximum atomic E-state index is 12.6. The van der Waals surface area contributed by atoms with Gasteiger partial charge in [0.1, 0.15) is 5.82 Å². The maximum Gasteiger partial charge on any atom is 0.416 e. The molecule has 1 heterocycles. The minimum Gasteiger partial charge on any atom is -0.393 e. The van der Waals surface area contributed by atoms with Crippen LogP contribution in [0.5, 0.6) is 0 Å². The molecule has 1 atom stereocenters. The number of aromatic nitrogens is 1. The number of rotatable bonds is 5. The molecule has 0 saturated heterocycles. The lowest BCUT2D eigenvalue weighted by molar-refractivity contribution is -0.137. The average Bonchev–Trinajstić information content (AvgIpc) is 2.34. The van der Waals surface area contributed by atoms with Crippen LogP contribution >= 0.6 is 12.2 Å². The van der Waals surface area contributed by atoms with Gasteiger partial charge in [-0.3, -0.25) is 0 Å². The van der Waals surface area contributed by atoms with Gasteiger partial charge >= 0.3 is 6.18 Å². The molecule has 0 amide bonds. The van der Waals surface area contributed by atoms with Crippen LogP contribution in [0.15, 0.2) is 18.3 Å². The van der Waals surface area contributed by atoms with Crippen LogP contribution in [0.4, 0.5) is 19.0 Å². The van der Waals surface area contributed by atoms with E-state index in [1.807, 2.05) is 13.8 Å². The van der Waals surface area contributed by atoms with E-state index in [4.69, 9.17) is 18.0 Å². The van der Waals surface area contributed by atoms with E-state index in [9.17, 15) is 13.2 Å². The molecule has 19 heavy (non-hydrogen) atoms. The monoisotopic (exact) mass is 291 g/mol. The molecule has 0 aliphatic rings. The van der Waals surface area contributed by atoms with E-state index in [2.05, 4.69) is 4.98 Å². The van der Waals surface area contributed by atoms with E-state index < -0.39 is 11.7 Å². The Kier molecular flexibility index (Phi) is 5.11. The summed E-state index contributed by atoms with van der Waals surface area (Å²) in [5, 5.41) is 0. The van der Waals surface area contributed by atoms with Gasteiger partial charge in [0.15, 0.2) is 0 Å². The van der Waals surface area contributed by atoms with E-state index >= 15 is 0 Å². The topological polar surface area (TPSA) is 42.1 Å². The lowest BCUT2D eigenvalue weighted by atomic mass is 10.1. The number of thiocarbonyl (C=S) groups is 1. The van der Waals surface area contributed by atoms with Crippen LogP contribution in [-0.2, 0) is 6.18 Å². The number of hydrogen-bond acceptors (Lipinski definition) is 3. The molecule has 0 aliphatic carbocycles. The van der Waals surface area contributed by atoms with Crippen LogP contribution in [0.25, 0.3) is 0 Å². The molecular weight excluding hydrogens is 275 g/mol. The Morgan fingerprint density at radius 2 is 2.16 bits per heavy atom. The summed E-state index contributed by atoms with van der Waals surface area (Å²) in [4.78, 5) is 6.04. The Hall–Kier alpha value is -1.37. The number of nitrogens with two attached hydrogens (primary N) is 1. The lowest BCUT2D eigenvalue weighted by Crippen LogP contribution is -2.34. The summed E-state index contributed by atoms with van der Waals surface area (Å²) in [5.74, 6) is 0.187. The fourth-order valence-corrected chi connectivity index (χ4v) is 1.65. The van der Waals surface area contributed by atoms with Gasteiger partial charge in [-0.1, -0.05) is 19.1 Å². The van der Waals surface area contributed by atoms with Crippen molar-refractivity contribution in [1.82, 2.24) is 4.98 Å². The molecule has 106 valence electrons. The lowest BCUT2D eigenvalue weighted by Gasteiger charge is -2.25. The first-order chi connectivity index (χ1) is 8.75. The van der Waals surface area contributed by atoms with Crippen molar-refractivity contribution in [3.8, 4) is 0 Å². The van der Waals surface area contributed by atoms with Gasteiger partial charge in [-0.15, -0.1) is 0 Å². The van der Waals surface area contributed by atoms with Gasteiger partial charge in [0.25, 0.3) is 0 Å². The summed E-state index contributed by atoms with van der Waals surface area (Å²) in [6, 6.07) is 1.99. The summed E-state index contributed by atoms with van der Waals surface area (Å²) in [6.45, 7) is 4.65. The third-order valence-electron chi connectivity index (χ3n) is 2.76. The molecule has 0 fully saturated rings. The van der Waals surface area contributed by atoms with Gasteiger partial charge in [0.2, 0.25) is 0 Å². The highest BCUT2D eigenvalue weighted by molar-refractivity contribution is 7.80. The van der Waals surface area contributed by atoms with Crippen LogP contribution in [0, 0.1) is 5.92 Å². The van der Waals surface area contributed by atoms with Crippen LogP contribution in [-0.4, -0.2) is 23.1 Å². The smallest absolute Gasteiger partial charge is 0.393 e. The zero-order chi connectivity index (χ0) is 14.6. The molecule has 3 nitrogen and oxygen atoms in total. The predicted octanol–water partition coefficient (Wildman–Crippen LogP) is 2.85. The zero-order valence-corrected chi connectivity index (χ0v) is 11.6. The van der Waals surface area contributed by atoms with Crippen molar-refractivity contribution in [2.45, 2.75) is 20.0 Å². The minimum atomic E-state index is -4.37. The number of alkyl halides is 3. The second-order valence-corrected chi connectivity index (χ2v) is 4.71. The van der Waals surface area contributed by atoms with E-state index in [0.29, 0.717) is 18.1 Å². The number of anilines is 1. The first kappa shape index (κ1) is 15.7. The van der Waals surface area contributed by atoms with E-state index in [-0.39, 0.29) is 11.7 Å². The maximum absolute atomic E-state index is 12.6. The Bertz CT molecular complexity index is 448. The molecule has 0 radical (unpaired) electrons. The van der Waals surface area contributed by atoms with Gasteiger partial charge in [-0.25, -0.2) is 4.98 Å². The van der Waals surface area contributed by atoms with Gasteiger partial charge in [0.05, 0.1) is 10.6 Å². The van der Waals surface area contributed by atoms with Crippen LogP contribution in [0.2, 0.25) is 0 Å². The minimum absolute atomic E-state index is 0.0914. The Balaban J connectivity index is 2.96. The average molecular weight is 291 g/mol.